The van der Waals surface area contributed by atoms with E-state index in [0.29, 0.717) is 54.9 Å². The summed E-state index contributed by atoms with van der Waals surface area (Å²) in [6.45, 7) is 9.84. The van der Waals surface area contributed by atoms with E-state index in [2.05, 4.69) is 31.7 Å². The lowest BCUT2D eigenvalue weighted by Gasteiger charge is -2.24. The first-order valence-electron chi connectivity index (χ1n) is 19.5. The summed E-state index contributed by atoms with van der Waals surface area (Å²) in [6, 6.07) is 11.4. The Labute approximate surface area is 337 Å². The standard InChI is InChI=1S/C41H61N5O9S/c1-27(2)26-54-40(52)55-34-18-17-29(22-30(34)41(3,4)5)23-31(42)37(49)46-32(19-21-56-7)38(50)44-25-35(47)45-33(24-28-14-10-8-11-15-28)39(51)43-20-13-9-12-16-36(48)53-6/h8,10-11,14-15,17-18,22,27,31-33H,9,12-13,16,19-21,23-26,42H2,1-7H3,(H,43,51)(H,44,50)(H,45,47)(H,46,49)/t31-,32-,33-/m0/s1/i/hD. The number of hydrogen-bond acceptors (Lipinski definition) is 11. The highest BCUT2D eigenvalue weighted by Gasteiger charge is 2.27. The number of unbranched alkanes of at least 4 members (excludes halogenated alkanes) is 2. The van der Waals surface area contributed by atoms with E-state index in [0.717, 1.165) is 5.56 Å². The third kappa shape index (κ3) is 18.3. The first kappa shape index (κ1) is 45.8. The molecule has 0 fully saturated rings. The SMILES string of the molecule is [2H]N[C@@H](Cc1ccc(OC(=O)OCC(C)C)c(C(C)(C)C)c1)C(=O)N[C@@H](CCSC)C(=O)NCC(=O)N[C@@H](Cc1ccccc1)C(=O)NCCCCCC(=O)OC. The van der Waals surface area contributed by atoms with Crippen molar-refractivity contribution >= 4 is 47.5 Å². The predicted octanol–water partition coefficient (Wildman–Crippen LogP) is 3.96. The molecule has 0 saturated heterocycles. The molecule has 0 aliphatic heterocycles. The smallest absolute Gasteiger partial charge is 0.469 e. The number of benzene rings is 2. The Morgan fingerprint density at radius 1 is 0.857 bits per heavy atom. The molecule has 0 bridgehead atoms. The van der Waals surface area contributed by atoms with Gasteiger partial charge in [-0.2, -0.15) is 11.8 Å². The molecule has 310 valence electrons. The minimum Gasteiger partial charge on any atom is -0.469 e. The van der Waals surface area contributed by atoms with E-state index in [9.17, 15) is 28.8 Å². The molecule has 2 aromatic rings. The zero-order chi connectivity index (χ0) is 42.4. The van der Waals surface area contributed by atoms with Crippen LogP contribution >= 0.6 is 11.8 Å². The summed E-state index contributed by atoms with van der Waals surface area (Å²) in [4.78, 5) is 76.8. The minimum absolute atomic E-state index is 0.0914. The Morgan fingerprint density at radius 2 is 1.57 bits per heavy atom. The zero-order valence-electron chi connectivity index (χ0n) is 34.8. The lowest BCUT2D eigenvalue weighted by molar-refractivity contribution is -0.140. The summed E-state index contributed by atoms with van der Waals surface area (Å²) in [5.41, 5.74) is 4.08. The topological polar surface area (TPSA) is 204 Å². The maximum Gasteiger partial charge on any atom is 0.513 e. The van der Waals surface area contributed by atoms with Gasteiger partial charge in [0.15, 0.2) is 0 Å². The number of amides is 4. The monoisotopic (exact) mass is 800 g/mol. The first-order chi connectivity index (χ1) is 27.1. The maximum atomic E-state index is 13.5. The lowest BCUT2D eigenvalue weighted by Crippen LogP contribution is -2.54. The number of rotatable bonds is 24. The van der Waals surface area contributed by atoms with Gasteiger partial charge in [-0.1, -0.05) is 83.5 Å². The number of thioether (sulfide) groups is 1. The van der Waals surface area contributed by atoms with Gasteiger partial charge in [0.1, 0.15) is 19.2 Å². The van der Waals surface area contributed by atoms with Gasteiger partial charge in [0.2, 0.25) is 23.6 Å². The van der Waals surface area contributed by atoms with Crippen molar-refractivity contribution in [3.63, 3.8) is 0 Å². The highest BCUT2D eigenvalue weighted by Crippen LogP contribution is 2.33. The van der Waals surface area contributed by atoms with Crippen molar-refractivity contribution < 1.29 is 44.4 Å². The summed E-state index contributed by atoms with van der Waals surface area (Å²) in [6.07, 6.45) is 3.91. The van der Waals surface area contributed by atoms with Gasteiger partial charge in [0.05, 0.1) is 26.3 Å². The van der Waals surface area contributed by atoms with E-state index in [1.807, 2.05) is 77.3 Å². The molecule has 15 heteroatoms. The predicted molar refractivity (Wildman–Crippen MR) is 217 cm³/mol. The van der Waals surface area contributed by atoms with Crippen LogP contribution in [0.4, 0.5) is 4.79 Å². The minimum atomic E-state index is -1.04. The molecule has 0 radical (unpaired) electrons. The highest BCUT2D eigenvalue weighted by molar-refractivity contribution is 7.98. The summed E-state index contributed by atoms with van der Waals surface area (Å²) in [7, 11) is 1.34. The zero-order valence-corrected chi connectivity index (χ0v) is 34.6. The highest BCUT2D eigenvalue weighted by atomic mass is 32.2. The van der Waals surface area contributed by atoms with Crippen LogP contribution in [-0.2, 0) is 51.7 Å². The summed E-state index contributed by atoms with van der Waals surface area (Å²) < 4.78 is 23.3. The number of hydrogen-bond donors (Lipinski definition) is 5. The molecule has 2 aromatic carbocycles. The van der Waals surface area contributed by atoms with Crippen LogP contribution < -0.4 is 31.7 Å². The van der Waals surface area contributed by atoms with Gasteiger partial charge >= 0.3 is 12.1 Å². The summed E-state index contributed by atoms with van der Waals surface area (Å²) in [5.74, 6) is -1.43. The van der Waals surface area contributed by atoms with Crippen LogP contribution in [-0.4, -0.2) is 92.7 Å². The number of ether oxygens (including phenoxy) is 3. The summed E-state index contributed by atoms with van der Waals surface area (Å²) >= 11 is 1.48. The Balaban J connectivity index is 2.07. The van der Waals surface area contributed by atoms with Gasteiger partial charge < -0.3 is 41.2 Å². The number of carbonyl (C=O) groups excluding carboxylic acids is 6. The Hall–Kier alpha value is -4.63. The van der Waals surface area contributed by atoms with E-state index in [-0.39, 0.29) is 43.7 Å². The molecule has 0 aromatic heterocycles. The number of esters is 1. The van der Waals surface area contributed by atoms with Crippen LogP contribution in [0.15, 0.2) is 48.5 Å². The normalized spacial score (nSPS) is 13.0. The average Bonchev–Trinajstić information content (AvgIpc) is 3.17. The Kier molecular flexibility index (Phi) is 20.3. The van der Waals surface area contributed by atoms with Crippen LogP contribution in [0.25, 0.3) is 0 Å². The van der Waals surface area contributed by atoms with Crippen LogP contribution in [0.5, 0.6) is 5.75 Å². The van der Waals surface area contributed by atoms with Crippen molar-refractivity contribution in [1.29, 1.82) is 0 Å². The van der Waals surface area contributed by atoms with Crippen LogP contribution in [0.3, 0.4) is 0 Å². The van der Waals surface area contributed by atoms with Crippen molar-refractivity contribution in [2.75, 3.05) is 38.8 Å². The fraction of sp³-hybridized carbons (Fsp3) is 0.561. The lowest BCUT2D eigenvalue weighted by atomic mass is 9.84. The van der Waals surface area contributed by atoms with E-state index in [1.165, 1.54) is 18.9 Å². The Bertz CT molecular complexity index is 1610. The number of carbonyl (C=O) groups is 6. The first-order valence-corrected chi connectivity index (χ1v) is 20.4. The molecule has 0 unspecified atom stereocenters. The van der Waals surface area contributed by atoms with Crippen LogP contribution in [0.2, 0.25) is 1.41 Å². The molecule has 14 nitrogen and oxygen atoms in total. The number of nitrogens with one attached hydrogen (secondary N) is 4. The third-order valence-electron chi connectivity index (χ3n) is 8.52. The van der Waals surface area contributed by atoms with Crippen LogP contribution in [0.1, 0.15) is 83.4 Å². The van der Waals surface area contributed by atoms with Crippen molar-refractivity contribution in [3.05, 3.63) is 65.2 Å². The van der Waals surface area contributed by atoms with E-state index in [4.69, 9.17) is 10.9 Å². The van der Waals surface area contributed by atoms with E-state index < -0.39 is 54.0 Å². The molecular formula is C41H61N5O9S. The second-order valence-corrected chi connectivity index (χ2v) is 15.9. The van der Waals surface area contributed by atoms with Gasteiger partial charge in [0.25, 0.3) is 0 Å². The Morgan fingerprint density at radius 3 is 2.21 bits per heavy atom. The van der Waals surface area contributed by atoms with Gasteiger partial charge in [-0.05, 0) is 66.2 Å². The van der Waals surface area contributed by atoms with Crippen molar-refractivity contribution in [2.45, 2.75) is 103 Å². The third-order valence-corrected chi connectivity index (χ3v) is 9.17. The molecule has 0 saturated carbocycles. The average molecular weight is 801 g/mol. The fourth-order valence-corrected chi connectivity index (χ4v) is 5.91. The molecule has 0 aliphatic rings. The van der Waals surface area contributed by atoms with Gasteiger partial charge in [-0.15, -0.1) is 0 Å². The van der Waals surface area contributed by atoms with Crippen LogP contribution in [0, 0.1) is 5.92 Å². The maximum absolute atomic E-state index is 13.5. The quantitative estimate of drug-likeness (QED) is 0.0584. The van der Waals surface area contributed by atoms with Gasteiger partial charge in [-0.25, -0.2) is 4.79 Å². The molecule has 6 N–H and O–H groups in total. The van der Waals surface area contributed by atoms with Crippen molar-refractivity contribution in [3.8, 4) is 5.75 Å². The molecule has 0 aliphatic carbocycles. The molecule has 4 amide bonds. The molecule has 0 heterocycles. The molecular weight excluding hydrogens is 739 g/mol. The molecule has 0 spiro atoms. The van der Waals surface area contributed by atoms with Crippen molar-refractivity contribution in [1.82, 2.24) is 21.3 Å². The number of nitrogens with two attached hydrogens (primary N) is 1. The second kappa shape index (κ2) is 24.8. The molecule has 3 atom stereocenters. The molecule has 2 rings (SSSR count). The fourth-order valence-electron chi connectivity index (χ4n) is 5.44. The number of methoxy groups -OCH3 is 1. The van der Waals surface area contributed by atoms with Crippen molar-refractivity contribution in [2.24, 2.45) is 11.6 Å². The molecule has 56 heavy (non-hydrogen) atoms. The van der Waals surface area contributed by atoms with E-state index in [1.54, 1.807) is 12.1 Å². The largest absolute Gasteiger partial charge is 0.513 e. The second-order valence-electron chi connectivity index (χ2n) is 14.9. The van der Waals surface area contributed by atoms with E-state index >= 15 is 0 Å². The van der Waals surface area contributed by atoms with Gasteiger partial charge in [-0.3, -0.25) is 24.0 Å². The summed E-state index contributed by atoms with van der Waals surface area (Å²) in [5, 5.41) is 10.9. The van der Waals surface area contributed by atoms with Gasteiger partial charge in [0, 0.05) is 24.9 Å².